The second-order valence-electron chi connectivity index (χ2n) is 5.80. The zero-order chi connectivity index (χ0) is 19.9. The molecule has 0 aliphatic carbocycles. The lowest BCUT2D eigenvalue weighted by Crippen LogP contribution is -2.21. The van der Waals surface area contributed by atoms with Gasteiger partial charge in [0.25, 0.3) is 5.56 Å². The van der Waals surface area contributed by atoms with E-state index in [9.17, 15) is 9.59 Å². The summed E-state index contributed by atoms with van der Waals surface area (Å²) in [5.74, 6) is -0.0408. The summed E-state index contributed by atoms with van der Waals surface area (Å²) in [6.07, 6.45) is 0. The van der Waals surface area contributed by atoms with Gasteiger partial charge in [-0.1, -0.05) is 27.7 Å². The molecule has 2 aromatic heterocycles. The van der Waals surface area contributed by atoms with Crippen molar-refractivity contribution in [3.8, 4) is 0 Å². The number of aromatic nitrogens is 2. The number of thiophene rings is 1. The molecule has 0 spiro atoms. The van der Waals surface area contributed by atoms with Crippen LogP contribution >= 0.6 is 70.9 Å². The maximum atomic E-state index is 12.6. The molecule has 0 saturated carbocycles. The third kappa shape index (κ3) is 4.34. The molecule has 5 nitrogen and oxygen atoms in total. The van der Waals surface area contributed by atoms with Crippen LogP contribution in [0.3, 0.4) is 0 Å². The molecule has 1 amide bonds. The molecule has 10 heteroatoms. The van der Waals surface area contributed by atoms with Gasteiger partial charge in [-0.15, -0.1) is 11.3 Å². The van der Waals surface area contributed by atoms with Crippen LogP contribution < -0.4 is 10.9 Å². The molecule has 0 unspecified atom stereocenters. The van der Waals surface area contributed by atoms with E-state index in [-0.39, 0.29) is 17.2 Å². The van der Waals surface area contributed by atoms with Crippen LogP contribution in [0.1, 0.15) is 10.4 Å². The average molecular weight is 596 g/mol. The standard InChI is InChI=1S/C17H14Br3N3O2S2/c1-7-8(2)27-15-13(7)16(25)23(3)17(22-15)26-6-12(24)21-14-10(19)4-9(18)5-11(14)20/h4-5H,6H2,1-3H3,(H,21,24). The minimum atomic E-state index is -0.184. The number of benzene rings is 1. The van der Waals surface area contributed by atoms with Crippen molar-refractivity contribution in [1.29, 1.82) is 0 Å². The van der Waals surface area contributed by atoms with Crippen molar-refractivity contribution < 1.29 is 4.79 Å². The Morgan fingerprint density at radius 2 is 1.89 bits per heavy atom. The van der Waals surface area contributed by atoms with Gasteiger partial charge in [-0.2, -0.15) is 0 Å². The highest BCUT2D eigenvalue weighted by Gasteiger charge is 2.16. The maximum absolute atomic E-state index is 12.6. The predicted octanol–water partition coefficient (Wildman–Crippen LogP) is 5.63. The molecule has 0 saturated heterocycles. The molecule has 27 heavy (non-hydrogen) atoms. The van der Waals surface area contributed by atoms with Gasteiger partial charge in [0.05, 0.1) is 16.8 Å². The molecule has 0 aliphatic rings. The van der Waals surface area contributed by atoms with Crippen molar-refractivity contribution >= 4 is 92.7 Å². The number of carbonyl (C=O) groups is 1. The number of carbonyl (C=O) groups excluding carboxylic acids is 1. The molecule has 2 heterocycles. The van der Waals surface area contributed by atoms with Crippen molar-refractivity contribution in [3.63, 3.8) is 0 Å². The van der Waals surface area contributed by atoms with Gasteiger partial charge in [0, 0.05) is 25.3 Å². The third-order valence-corrected chi connectivity index (χ3v) is 7.81. The first-order valence-electron chi connectivity index (χ1n) is 7.73. The van der Waals surface area contributed by atoms with Crippen LogP contribution in [0, 0.1) is 13.8 Å². The van der Waals surface area contributed by atoms with Crippen LogP contribution in [-0.2, 0) is 11.8 Å². The van der Waals surface area contributed by atoms with Gasteiger partial charge in [0.2, 0.25) is 5.91 Å². The number of nitrogens with one attached hydrogen (secondary N) is 1. The largest absolute Gasteiger partial charge is 0.323 e. The summed E-state index contributed by atoms with van der Waals surface area (Å²) < 4.78 is 3.92. The molecule has 0 fully saturated rings. The van der Waals surface area contributed by atoms with E-state index in [2.05, 4.69) is 58.1 Å². The highest BCUT2D eigenvalue weighted by atomic mass is 79.9. The molecule has 0 bridgehead atoms. The topological polar surface area (TPSA) is 64.0 Å². The molecular formula is C17H14Br3N3O2S2. The summed E-state index contributed by atoms with van der Waals surface area (Å²) in [4.78, 5) is 31.4. The zero-order valence-electron chi connectivity index (χ0n) is 14.5. The van der Waals surface area contributed by atoms with E-state index < -0.39 is 0 Å². The number of fused-ring (bicyclic) bond motifs is 1. The Bertz CT molecular complexity index is 1100. The van der Waals surface area contributed by atoms with E-state index in [1.54, 1.807) is 7.05 Å². The van der Waals surface area contributed by atoms with Gasteiger partial charge in [-0.05, 0) is 63.4 Å². The Morgan fingerprint density at radius 3 is 2.52 bits per heavy atom. The van der Waals surface area contributed by atoms with Crippen LogP contribution in [0.2, 0.25) is 0 Å². The maximum Gasteiger partial charge on any atom is 0.262 e. The number of nitrogens with zero attached hydrogens (tertiary/aromatic N) is 2. The molecule has 3 rings (SSSR count). The van der Waals surface area contributed by atoms with Crippen LogP contribution in [-0.4, -0.2) is 21.2 Å². The number of thioether (sulfide) groups is 1. The number of rotatable bonds is 4. The summed E-state index contributed by atoms with van der Waals surface area (Å²) in [6.45, 7) is 3.92. The van der Waals surface area contributed by atoms with Crippen molar-refractivity contribution in [2.75, 3.05) is 11.1 Å². The Hall–Kier alpha value is -0.680. The fourth-order valence-electron chi connectivity index (χ4n) is 2.45. The van der Waals surface area contributed by atoms with Crippen LogP contribution in [0.5, 0.6) is 0 Å². The smallest absolute Gasteiger partial charge is 0.262 e. The SMILES string of the molecule is Cc1sc2nc(SCC(=O)Nc3c(Br)cc(Br)cc3Br)n(C)c(=O)c2c1C. The minimum Gasteiger partial charge on any atom is -0.323 e. The van der Waals surface area contributed by atoms with Gasteiger partial charge in [-0.25, -0.2) is 4.98 Å². The highest BCUT2D eigenvalue weighted by Crippen LogP contribution is 2.34. The fourth-order valence-corrected chi connectivity index (χ4v) is 6.75. The molecule has 0 aliphatic heterocycles. The molecule has 0 atom stereocenters. The van der Waals surface area contributed by atoms with E-state index in [4.69, 9.17) is 0 Å². The highest BCUT2D eigenvalue weighted by molar-refractivity contribution is 9.11. The van der Waals surface area contributed by atoms with E-state index in [0.717, 1.165) is 28.7 Å². The van der Waals surface area contributed by atoms with Crippen LogP contribution in [0.4, 0.5) is 5.69 Å². The second-order valence-corrected chi connectivity index (χ2v) is 10.6. The summed E-state index contributed by atoms with van der Waals surface area (Å²) in [5, 5.41) is 4.06. The lowest BCUT2D eigenvalue weighted by molar-refractivity contribution is -0.113. The third-order valence-electron chi connectivity index (χ3n) is 3.97. The van der Waals surface area contributed by atoms with Crippen molar-refractivity contribution in [1.82, 2.24) is 9.55 Å². The van der Waals surface area contributed by atoms with Gasteiger partial charge in [0.1, 0.15) is 4.83 Å². The Balaban J connectivity index is 1.80. The normalized spacial score (nSPS) is 11.2. The Kier molecular flexibility index (Phi) is 6.52. The lowest BCUT2D eigenvalue weighted by atomic mass is 10.2. The Morgan fingerprint density at radius 1 is 1.26 bits per heavy atom. The number of hydrogen-bond donors (Lipinski definition) is 1. The minimum absolute atomic E-state index is 0.0804. The molecule has 142 valence electrons. The fraction of sp³-hybridized carbons (Fsp3) is 0.235. The summed E-state index contributed by atoms with van der Waals surface area (Å²) >= 11 is 13.0. The Labute approximate surface area is 189 Å². The number of halogens is 3. The summed E-state index contributed by atoms with van der Waals surface area (Å²) in [6, 6.07) is 3.71. The monoisotopic (exact) mass is 593 g/mol. The first kappa shape index (κ1) is 21.0. The lowest BCUT2D eigenvalue weighted by Gasteiger charge is -2.11. The quantitative estimate of drug-likeness (QED) is 0.314. The zero-order valence-corrected chi connectivity index (χ0v) is 20.9. The van der Waals surface area contributed by atoms with E-state index in [0.29, 0.717) is 16.2 Å². The van der Waals surface area contributed by atoms with Gasteiger partial charge >= 0.3 is 0 Å². The molecule has 1 aromatic carbocycles. The summed E-state index contributed by atoms with van der Waals surface area (Å²) in [7, 11) is 1.68. The van der Waals surface area contributed by atoms with Crippen molar-refractivity contribution in [3.05, 3.63) is 46.3 Å². The van der Waals surface area contributed by atoms with Crippen molar-refractivity contribution in [2.24, 2.45) is 7.05 Å². The first-order chi connectivity index (χ1) is 12.7. The average Bonchev–Trinajstić information content (AvgIpc) is 2.87. The van der Waals surface area contributed by atoms with E-state index in [1.807, 2.05) is 26.0 Å². The molecule has 0 radical (unpaired) electrons. The number of hydrogen-bond acceptors (Lipinski definition) is 5. The van der Waals surface area contributed by atoms with Crippen molar-refractivity contribution in [2.45, 2.75) is 19.0 Å². The van der Waals surface area contributed by atoms with Gasteiger partial charge in [-0.3, -0.25) is 14.2 Å². The second kappa shape index (κ2) is 8.36. The summed E-state index contributed by atoms with van der Waals surface area (Å²) in [5.41, 5.74) is 1.55. The van der Waals surface area contributed by atoms with E-state index in [1.165, 1.54) is 27.7 Å². The van der Waals surface area contributed by atoms with Crippen LogP contribution in [0.15, 0.2) is 35.5 Å². The first-order valence-corrected chi connectivity index (χ1v) is 11.9. The van der Waals surface area contributed by atoms with Gasteiger partial charge < -0.3 is 5.32 Å². The number of anilines is 1. The molecule has 1 N–H and O–H groups in total. The van der Waals surface area contributed by atoms with Gasteiger partial charge in [0.15, 0.2) is 5.16 Å². The number of amides is 1. The predicted molar refractivity (Wildman–Crippen MR) is 123 cm³/mol. The molecular weight excluding hydrogens is 582 g/mol. The molecule has 3 aromatic rings. The number of aryl methyl sites for hydroxylation is 2. The van der Waals surface area contributed by atoms with E-state index >= 15 is 0 Å². The van der Waals surface area contributed by atoms with Crippen LogP contribution in [0.25, 0.3) is 10.2 Å².